The molecule has 0 radical (unpaired) electrons. The Labute approximate surface area is 133 Å². The normalized spacial score (nSPS) is 12.7. The maximum Gasteiger partial charge on any atom is 0.167 e. The molecule has 2 aromatic carbocycles. The SMILES string of the molecule is COc1cc2c(cc1OC)C(Oc1ccc(N)cc1F)=CCN2. The Balaban J connectivity index is 1.98. The third-order valence-corrected chi connectivity index (χ3v) is 3.54. The number of methoxy groups -OCH3 is 2. The number of hydrogen-bond acceptors (Lipinski definition) is 5. The van der Waals surface area contributed by atoms with Gasteiger partial charge in [-0.3, -0.25) is 0 Å². The second-order valence-corrected chi connectivity index (χ2v) is 4.99. The molecule has 3 rings (SSSR count). The van der Waals surface area contributed by atoms with Crippen LogP contribution in [0, 0.1) is 5.82 Å². The van der Waals surface area contributed by atoms with E-state index in [0.717, 1.165) is 11.3 Å². The second kappa shape index (κ2) is 6.08. The molecule has 0 amide bonds. The van der Waals surface area contributed by atoms with Gasteiger partial charge >= 0.3 is 0 Å². The van der Waals surface area contributed by atoms with E-state index in [-0.39, 0.29) is 5.75 Å². The quantitative estimate of drug-likeness (QED) is 0.848. The van der Waals surface area contributed by atoms with E-state index < -0.39 is 5.82 Å². The minimum atomic E-state index is -0.508. The van der Waals surface area contributed by atoms with Crippen LogP contribution in [-0.2, 0) is 0 Å². The highest BCUT2D eigenvalue weighted by Gasteiger charge is 2.19. The van der Waals surface area contributed by atoms with Crippen molar-refractivity contribution in [3.63, 3.8) is 0 Å². The van der Waals surface area contributed by atoms with Crippen LogP contribution in [0.15, 0.2) is 36.4 Å². The third kappa shape index (κ3) is 2.88. The van der Waals surface area contributed by atoms with Crippen molar-refractivity contribution < 1.29 is 18.6 Å². The van der Waals surface area contributed by atoms with E-state index in [0.29, 0.717) is 29.5 Å². The van der Waals surface area contributed by atoms with Crippen molar-refractivity contribution in [1.82, 2.24) is 0 Å². The summed E-state index contributed by atoms with van der Waals surface area (Å²) in [5, 5.41) is 3.22. The molecule has 0 saturated heterocycles. The molecule has 1 aliphatic rings. The Morgan fingerprint density at radius 3 is 2.48 bits per heavy atom. The third-order valence-electron chi connectivity index (χ3n) is 3.54. The molecule has 5 nitrogen and oxygen atoms in total. The number of nitrogen functional groups attached to an aromatic ring is 1. The topological polar surface area (TPSA) is 65.7 Å². The van der Waals surface area contributed by atoms with Gasteiger partial charge in [-0.25, -0.2) is 4.39 Å². The molecule has 0 bridgehead atoms. The molecule has 120 valence electrons. The fourth-order valence-corrected chi connectivity index (χ4v) is 2.41. The standard InChI is InChI=1S/C17H17FN2O3/c1-21-16-8-11-13(9-17(16)22-2)20-6-5-14(11)23-15-4-3-10(19)7-12(15)18/h3-5,7-9,20H,6,19H2,1-2H3. The van der Waals surface area contributed by atoms with Crippen LogP contribution in [0.1, 0.15) is 5.56 Å². The zero-order valence-electron chi connectivity index (χ0n) is 12.9. The molecule has 1 aliphatic heterocycles. The first kappa shape index (κ1) is 15.0. The van der Waals surface area contributed by atoms with E-state index in [1.807, 2.05) is 12.1 Å². The van der Waals surface area contributed by atoms with Crippen LogP contribution in [-0.4, -0.2) is 20.8 Å². The van der Waals surface area contributed by atoms with E-state index in [1.54, 1.807) is 26.4 Å². The van der Waals surface area contributed by atoms with Crippen molar-refractivity contribution in [3.05, 3.63) is 47.8 Å². The summed E-state index contributed by atoms with van der Waals surface area (Å²) in [6.07, 6.45) is 1.84. The Morgan fingerprint density at radius 1 is 1.04 bits per heavy atom. The molecule has 0 atom stereocenters. The van der Waals surface area contributed by atoms with Gasteiger partial charge in [-0.15, -0.1) is 0 Å². The van der Waals surface area contributed by atoms with Gasteiger partial charge in [0.05, 0.1) is 14.2 Å². The highest BCUT2D eigenvalue weighted by molar-refractivity contribution is 5.80. The number of ether oxygens (including phenoxy) is 3. The lowest BCUT2D eigenvalue weighted by molar-refractivity contribution is 0.354. The molecular weight excluding hydrogens is 299 g/mol. The van der Waals surface area contributed by atoms with Crippen molar-refractivity contribution in [2.24, 2.45) is 0 Å². The Bertz CT molecular complexity index is 775. The van der Waals surface area contributed by atoms with Gasteiger partial charge in [0.15, 0.2) is 23.1 Å². The van der Waals surface area contributed by atoms with Crippen molar-refractivity contribution in [2.45, 2.75) is 0 Å². The largest absolute Gasteiger partial charge is 0.493 e. The lowest BCUT2D eigenvalue weighted by Crippen LogP contribution is -2.12. The van der Waals surface area contributed by atoms with Crippen molar-refractivity contribution in [1.29, 1.82) is 0 Å². The van der Waals surface area contributed by atoms with Gasteiger partial charge in [0.1, 0.15) is 5.76 Å². The fraction of sp³-hybridized carbons (Fsp3) is 0.176. The highest BCUT2D eigenvalue weighted by Crippen LogP contribution is 2.39. The number of rotatable bonds is 4. The second-order valence-electron chi connectivity index (χ2n) is 4.99. The number of benzene rings is 2. The molecule has 0 unspecified atom stereocenters. The van der Waals surface area contributed by atoms with Gasteiger partial charge in [-0.05, 0) is 24.3 Å². The summed E-state index contributed by atoms with van der Waals surface area (Å²) in [4.78, 5) is 0. The fourth-order valence-electron chi connectivity index (χ4n) is 2.41. The average molecular weight is 316 g/mol. The minimum absolute atomic E-state index is 0.119. The molecule has 0 spiro atoms. The van der Waals surface area contributed by atoms with Gasteiger partial charge in [-0.2, -0.15) is 0 Å². The zero-order chi connectivity index (χ0) is 16.4. The first-order valence-electron chi connectivity index (χ1n) is 7.05. The number of nitrogens with two attached hydrogens (primary N) is 1. The van der Waals surface area contributed by atoms with Crippen molar-refractivity contribution in [2.75, 3.05) is 31.8 Å². The maximum absolute atomic E-state index is 14.0. The number of anilines is 2. The van der Waals surface area contributed by atoms with Crippen LogP contribution in [0.3, 0.4) is 0 Å². The summed E-state index contributed by atoms with van der Waals surface area (Å²) in [7, 11) is 3.13. The number of hydrogen-bond donors (Lipinski definition) is 2. The molecule has 0 aliphatic carbocycles. The van der Waals surface area contributed by atoms with E-state index in [4.69, 9.17) is 19.9 Å². The predicted octanol–water partition coefficient (Wildman–Crippen LogP) is 3.27. The molecule has 3 N–H and O–H groups in total. The monoisotopic (exact) mass is 316 g/mol. The lowest BCUT2D eigenvalue weighted by atomic mass is 10.1. The van der Waals surface area contributed by atoms with E-state index in [2.05, 4.69) is 5.32 Å². The lowest BCUT2D eigenvalue weighted by Gasteiger charge is -2.22. The Kier molecular flexibility index (Phi) is 3.97. The highest BCUT2D eigenvalue weighted by atomic mass is 19.1. The van der Waals surface area contributed by atoms with Gasteiger partial charge in [-0.1, -0.05) is 0 Å². The van der Waals surface area contributed by atoms with Crippen LogP contribution >= 0.6 is 0 Å². The van der Waals surface area contributed by atoms with Crippen LogP contribution in [0.2, 0.25) is 0 Å². The summed E-state index contributed by atoms with van der Waals surface area (Å²) in [6.45, 7) is 0.564. The first-order valence-corrected chi connectivity index (χ1v) is 7.05. The first-order chi connectivity index (χ1) is 11.1. The maximum atomic E-state index is 14.0. The zero-order valence-corrected chi connectivity index (χ0v) is 12.9. The Morgan fingerprint density at radius 2 is 1.78 bits per heavy atom. The molecule has 0 saturated carbocycles. The van der Waals surface area contributed by atoms with Crippen molar-refractivity contribution >= 4 is 17.1 Å². The molecule has 2 aromatic rings. The molecular formula is C17H17FN2O3. The molecule has 0 fully saturated rings. The summed E-state index contributed by atoms with van der Waals surface area (Å²) >= 11 is 0. The molecule has 1 heterocycles. The molecule has 0 aromatic heterocycles. The van der Waals surface area contributed by atoms with Crippen LogP contribution < -0.4 is 25.3 Å². The van der Waals surface area contributed by atoms with Crippen molar-refractivity contribution in [3.8, 4) is 17.2 Å². The van der Waals surface area contributed by atoms with Crippen LogP contribution in [0.25, 0.3) is 5.76 Å². The van der Waals surface area contributed by atoms with Gasteiger partial charge in [0.2, 0.25) is 0 Å². The number of fused-ring (bicyclic) bond motifs is 1. The van der Waals surface area contributed by atoms with Crippen LogP contribution in [0.5, 0.6) is 17.2 Å². The number of halogens is 1. The average Bonchev–Trinajstić information content (AvgIpc) is 2.56. The predicted molar refractivity (Wildman–Crippen MR) is 87.5 cm³/mol. The smallest absolute Gasteiger partial charge is 0.167 e. The summed E-state index contributed by atoms with van der Waals surface area (Å²) < 4.78 is 30.3. The minimum Gasteiger partial charge on any atom is -0.493 e. The van der Waals surface area contributed by atoms with E-state index in [9.17, 15) is 4.39 Å². The van der Waals surface area contributed by atoms with E-state index in [1.165, 1.54) is 12.1 Å². The van der Waals surface area contributed by atoms with Gasteiger partial charge < -0.3 is 25.3 Å². The summed E-state index contributed by atoms with van der Waals surface area (Å²) in [5.74, 6) is 1.34. The molecule has 6 heteroatoms. The van der Waals surface area contributed by atoms with Gasteiger partial charge in [0.25, 0.3) is 0 Å². The summed E-state index contributed by atoms with van der Waals surface area (Å²) in [6, 6.07) is 7.95. The summed E-state index contributed by atoms with van der Waals surface area (Å²) in [5.41, 5.74) is 7.50. The molecule has 23 heavy (non-hydrogen) atoms. The number of nitrogens with one attached hydrogen (secondary N) is 1. The van der Waals surface area contributed by atoms with E-state index >= 15 is 0 Å². The Hall–Kier alpha value is -2.89. The van der Waals surface area contributed by atoms with Crippen LogP contribution in [0.4, 0.5) is 15.8 Å². The van der Waals surface area contributed by atoms with Gasteiger partial charge in [0, 0.05) is 35.6 Å².